The lowest BCUT2D eigenvalue weighted by molar-refractivity contribution is -0.148. The maximum Gasteiger partial charge on any atom is 0.308 e. The van der Waals surface area contributed by atoms with Gasteiger partial charge in [-0.2, -0.15) is 0 Å². The third kappa shape index (κ3) is 3.36. The first-order chi connectivity index (χ1) is 15.8. The molecule has 0 spiro atoms. The molecule has 3 N–H and O–H groups in total. The SMILES string of the molecule is O=C(O)[C@H]1C2CCC(CC2)[C@@H]1Nc1nc(-c2c[nH]c3ncc(F)cc23)nc2c1CS(=O)(=O)C2. The number of nitrogens with one attached hydrogen (secondary N) is 2. The van der Waals surface area contributed by atoms with Crippen molar-refractivity contribution in [3.63, 3.8) is 0 Å². The van der Waals surface area contributed by atoms with Crippen LogP contribution in [0, 0.1) is 23.6 Å². The van der Waals surface area contributed by atoms with Crippen LogP contribution >= 0.6 is 0 Å². The van der Waals surface area contributed by atoms with Crippen LogP contribution in [0.3, 0.4) is 0 Å². The van der Waals surface area contributed by atoms with Crippen molar-refractivity contribution in [2.45, 2.75) is 43.2 Å². The summed E-state index contributed by atoms with van der Waals surface area (Å²) < 4.78 is 38.7. The third-order valence-electron chi connectivity index (χ3n) is 7.36. The molecule has 0 radical (unpaired) electrons. The normalized spacial score (nSPS) is 27.5. The molecule has 1 aliphatic heterocycles. The van der Waals surface area contributed by atoms with Gasteiger partial charge in [-0.1, -0.05) is 0 Å². The number of halogens is 1. The first kappa shape index (κ1) is 20.5. The van der Waals surface area contributed by atoms with Crippen LogP contribution in [0.15, 0.2) is 18.5 Å². The fourth-order valence-corrected chi connectivity index (χ4v) is 7.35. The molecule has 33 heavy (non-hydrogen) atoms. The number of aromatic nitrogens is 4. The lowest BCUT2D eigenvalue weighted by Gasteiger charge is -2.47. The topological polar surface area (TPSA) is 138 Å². The molecule has 0 saturated heterocycles. The van der Waals surface area contributed by atoms with Gasteiger partial charge in [0.15, 0.2) is 15.7 Å². The molecule has 4 aliphatic rings. The van der Waals surface area contributed by atoms with Gasteiger partial charge in [0, 0.05) is 28.8 Å². The lowest BCUT2D eigenvalue weighted by Crippen LogP contribution is -2.51. The summed E-state index contributed by atoms with van der Waals surface area (Å²) in [6.45, 7) is 0. The molecule has 172 valence electrons. The Morgan fingerprint density at radius 1 is 1.15 bits per heavy atom. The zero-order valence-electron chi connectivity index (χ0n) is 17.6. The number of carboxylic acid groups (broad SMARTS) is 1. The van der Waals surface area contributed by atoms with Gasteiger partial charge in [0.05, 0.1) is 29.3 Å². The molecule has 3 aromatic rings. The molecule has 2 atom stereocenters. The number of H-pyrrole nitrogens is 1. The minimum Gasteiger partial charge on any atom is -0.481 e. The molecule has 3 saturated carbocycles. The smallest absolute Gasteiger partial charge is 0.308 e. The van der Waals surface area contributed by atoms with Crippen LogP contribution < -0.4 is 5.32 Å². The average molecular weight is 472 g/mol. The van der Waals surface area contributed by atoms with Gasteiger partial charge in [-0.3, -0.25) is 4.79 Å². The monoisotopic (exact) mass is 471 g/mol. The van der Waals surface area contributed by atoms with Crippen molar-refractivity contribution in [2.75, 3.05) is 5.32 Å². The number of carboxylic acids is 1. The highest BCUT2D eigenvalue weighted by Gasteiger charge is 2.48. The quantitative estimate of drug-likeness (QED) is 0.528. The van der Waals surface area contributed by atoms with E-state index in [-0.39, 0.29) is 35.2 Å². The molecular formula is C22H22FN5O4S. The second kappa shape index (κ2) is 7.21. The molecule has 2 bridgehead atoms. The standard InChI is InChI=1S/C22H22FN5O4S/c23-12-5-13-14(7-25-19(13)24-6-12)20-26-16-9-33(31,32)8-15(16)21(28-20)27-18-11-3-1-10(2-4-11)17(18)22(29)30/h5-7,10-11,17-18H,1-4,8-9H2,(H,24,25)(H,29,30)(H,26,27,28)/t10?,11?,17-,18-/m0/s1. The Kier molecular flexibility index (Phi) is 4.48. The Labute approximate surface area is 188 Å². The fourth-order valence-electron chi connectivity index (χ4n) is 5.85. The van der Waals surface area contributed by atoms with Crippen molar-refractivity contribution < 1.29 is 22.7 Å². The minimum atomic E-state index is -3.38. The van der Waals surface area contributed by atoms with Gasteiger partial charge in [-0.05, 0) is 43.6 Å². The molecule has 11 heteroatoms. The number of pyridine rings is 1. The van der Waals surface area contributed by atoms with Crippen LogP contribution in [0.2, 0.25) is 0 Å². The summed E-state index contributed by atoms with van der Waals surface area (Å²) >= 11 is 0. The van der Waals surface area contributed by atoms with E-state index in [9.17, 15) is 22.7 Å². The van der Waals surface area contributed by atoms with E-state index in [1.807, 2.05) is 0 Å². The van der Waals surface area contributed by atoms with E-state index < -0.39 is 27.5 Å². The van der Waals surface area contributed by atoms with E-state index in [0.29, 0.717) is 33.7 Å². The van der Waals surface area contributed by atoms with Gasteiger partial charge in [-0.15, -0.1) is 0 Å². The second-order valence-corrected chi connectivity index (χ2v) is 11.4. The Balaban J connectivity index is 1.47. The van der Waals surface area contributed by atoms with Crippen molar-refractivity contribution in [3.8, 4) is 11.4 Å². The lowest BCUT2D eigenvalue weighted by atomic mass is 9.61. The number of carbonyl (C=O) groups is 1. The van der Waals surface area contributed by atoms with Crippen molar-refractivity contribution in [1.29, 1.82) is 0 Å². The Bertz CT molecular complexity index is 1400. The van der Waals surface area contributed by atoms with Gasteiger partial charge in [0.1, 0.15) is 17.3 Å². The molecule has 3 aromatic heterocycles. The van der Waals surface area contributed by atoms with Gasteiger partial charge in [-0.25, -0.2) is 27.8 Å². The molecular weight excluding hydrogens is 449 g/mol. The zero-order chi connectivity index (χ0) is 22.9. The molecule has 7 rings (SSSR count). The Morgan fingerprint density at radius 3 is 2.67 bits per heavy atom. The second-order valence-electron chi connectivity index (χ2n) is 9.31. The summed E-state index contributed by atoms with van der Waals surface area (Å²) in [5.41, 5.74) is 1.86. The third-order valence-corrected chi connectivity index (χ3v) is 8.80. The summed E-state index contributed by atoms with van der Waals surface area (Å²) in [5.74, 6) is -1.38. The molecule has 9 nitrogen and oxygen atoms in total. The van der Waals surface area contributed by atoms with Crippen LogP contribution in [0.25, 0.3) is 22.4 Å². The average Bonchev–Trinajstić information content (AvgIpc) is 3.33. The maximum atomic E-state index is 13.9. The Hall–Kier alpha value is -3.08. The first-order valence-electron chi connectivity index (χ1n) is 11.0. The number of nitrogens with zero attached hydrogens (tertiary/aromatic N) is 3. The summed E-state index contributed by atoms with van der Waals surface area (Å²) in [6, 6.07) is 1.00. The largest absolute Gasteiger partial charge is 0.481 e. The zero-order valence-corrected chi connectivity index (χ0v) is 18.4. The van der Waals surface area contributed by atoms with Crippen molar-refractivity contribution in [3.05, 3.63) is 35.5 Å². The number of hydrogen-bond donors (Lipinski definition) is 3. The van der Waals surface area contributed by atoms with Gasteiger partial charge < -0.3 is 15.4 Å². The number of fused-ring (bicyclic) bond motifs is 5. The highest BCUT2D eigenvalue weighted by molar-refractivity contribution is 7.90. The van der Waals surface area contributed by atoms with Crippen LogP contribution in [-0.2, 0) is 26.1 Å². The Morgan fingerprint density at radius 2 is 1.91 bits per heavy atom. The summed E-state index contributed by atoms with van der Waals surface area (Å²) in [7, 11) is -3.38. The highest BCUT2D eigenvalue weighted by Crippen LogP contribution is 2.47. The van der Waals surface area contributed by atoms with Crippen LogP contribution in [0.1, 0.15) is 36.9 Å². The number of aliphatic carboxylic acids is 1. The molecule has 4 heterocycles. The number of anilines is 1. The molecule has 0 amide bonds. The van der Waals surface area contributed by atoms with Crippen molar-refractivity contribution in [1.82, 2.24) is 19.9 Å². The van der Waals surface area contributed by atoms with E-state index in [1.165, 1.54) is 6.07 Å². The minimum absolute atomic E-state index is 0.103. The van der Waals surface area contributed by atoms with Crippen LogP contribution in [-0.4, -0.2) is 45.5 Å². The van der Waals surface area contributed by atoms with Gasteiger partial charge in [0.25, 0.3) is 0 Å². The van der Waals surface area contributed by atoms with E-state index in [0.717, 1.165) is 31.9 Å². The molecule has 0 aromatic carbocycles. The number of hydrogen-bond acceptors (Lipinski definition) is 7. The number of rotatable bonds is 4. The molecule has 3 fully saturated rings. The highest BCUT2D eigenvalue weighted by atomic mass is 32.2. The van der Waals surface area contributed by atoms with E-state index in [1.54, 1.807) is 6.20 Å². The van der Waals surface area contributed by atoms with Crippen LogP contribution in [0.5, 0.6) is 0 Å². The van der Waals surface area contributed by atoms with Gasteiger partial charge in [0.2, 0.25) is 0 Å². The molecule has 3 aliphatic carbocycles. The molecule has 0 unspecified atom stereocenters. The fraction of sp³-hybridized carbons (Fsp3) is 0.455. The van der Waals surface area contributed by atoms with E-state index in [4.69, 9.17) is 0 Å². The number of sulfone groups is 1. The van der Waals surface area contributed by atoms with E-state index >= 15 is 0 Å². The van der Waals surface area contributed by atoms with Crippen molar-refractivity contribution in [2.24, 2.45) is 17.8 Å². The predicted octanol–water partition coefficient (Wildman–Crippen LogP) is 2.89. The summed E-state index contributed by atoms with van der Waals surface area (Å²) in [5, 5.41) is 13.8. The van der Waals surface area contributed by atoms with Gasteiger partial charge >= 0.3 is 5.97 Å². The summed E-state index contributed by atoms with van der Waals surface area (Å²) in [6.07, 6.45) is 6.41. The van der Waals surface area contributed by atoms with Crippen molar-refractivity contribution >= 4 is 32.7 Å². The summed E-state index contributed by atoms with van der Waals surface area (Å²) in [4.78, 5) is 28.3. The maximum absolute atomic E-state index is 13.9. The number of aromatic amines is 1. The van der Waals surface area contributed by atoms with Crippen LogP contribution in [0.4, 0.5) is 10.2 Å². The predicted molar refractivity (Wildman–Crippen MR) is 117 cm³/mol. The van der Waals surface area contributed by atoms with E-state index in [2.05, 4.69) is 25.3 Å². The first-order valence-corrected chi connectivity index (χ1v) is 12.8.